The van der Waals surface area contributed by atoms with Crippen molar-refractivity contribution < 1.29 is 5.11 Å². The fraction of sp³-hybridized carbons (Fsp3) is 0.571. The van der Waals surface area contributed by atoms with Crippen LogP contribution < -0.4 is 4.90 Å². The number of hydrogen-bond acceptors (Lipinski definition) is 2. The van der Waals surface area contributed by atoms with E-state index in [9.17, 15) is 5.11 Å². The van der Waals surface area contributed by atoms with E-state index in [2.05, 4.69) is 24.9 Å². The Bertz CT molecular complexity index is 358. The molecule has 2 nitrogen and oxygen atoms in total. The number of hydrogen-bond donors (Lipinski definition) is 1. The smallest absolute Gasteiger partial charge is 0.0781 e. The molecule has 1 fully saturated rings. The summed E-state index contributed by atoms with van der Waals surface area (Å²) in [5.74, 6) is 0.840. The van der Waals surface area contributed by atoms with Crippen molar-refractivity contribution in [3.63, 3.8) is 0 Å². The summed E-state index contributed by atoms with van der Waals surface area (Å²) in [5.41, 5.74) is 2.19. The SMILES string of the molecule is CC(C1CC1)N(C)c1ccccc1[C@H](C)O. The van der Waals surface area contributed by atoms with Crippen LogP contribution in [0.3, 0.4) is 0 Å². The lowest BCUT2D eigenvalue weighted by molar-refractivity contribution is 0.199. The van der Waals surface area contributed by atoms with E-state index in [0.717, 1.165) is 17.2 Å². The van der Waals surface area contributed by atoms with Gasteiger partial charge in [0.25, 0.3) is 0 Å². The molecule has 0 aliphatic heterocycles. The average Bonchev–Trinajstić information content (AvgIpc) is 3.11. The third-order valence-corrected chi connectivity index (χ3v) is 3.68. The van der Waals surface area contributed by atoms with Gasteiger partial charge in [-0.1, -0.05) is 18.2 Å². The summed E-state index contributed by atoms with van der Waals surface area (Å²) in [7, 11) is 2.13. The van der Waals surface area contributed by atoms with Gasteiger partial charge in [-0.15, -0.1) is 0 Å². The lowest BCUT2D eigenvalue weighted by Crippen LogP contribution is -2.31. The van der Waals surface area contributed by atoms with E-state index < -0.39 is 6.10 Å². The van der Waals surface area contributed by atoms with Gasteiger partial charge in [-0.05, 0) is 38.7 Å². The van der Waals surface area contributed by atoms with E-state index >= 15 is 0 Å². The fourth-order valence-corrected chi connectivity index (χ4v) is 2.28. The Hall–Kier alpha value is -1.02. The topological polar surface area (TPSA) is 23.5 Å². The van der Waals surface area contributed by atoms with E-state index in [-0.39, 0.29) is 0 Å². The number of para-hydroxylation sites is 1. The zero-order chi connectivity index (χ0) is 11.7. The van der Waals surface area contributed by atoms with Gasteiger partial charge in [0.15, 0.2) is 0 Å². The second-order valence-corrected chi connectivity index (χ2v) is 4.92. The number of aliphatic hydroxyl groups is 1. The molecule has 1 unspecified atom stereocenters. The second kappa shape index (κ2) is 4.46. The summed E-state index contributed by atoms with van der Waals surface area (Å²) in [6.45, 7) is 4.10. The first-order valence-corrected chi connectivity index (χ1v) is 6.11. The summed E-state index contributed by atoms with van der Waals surface area (Å²) in [4.78, 5) is 2.31. The van der Waals surface area contributed by atoms with Crippen LogP contribution in [0.5, 0.6) is 0 Å². The zero-order valence-electron chi connectivity index (χ0n) is 10.4. The molecular weight excluding hydrogens is 198 g/mol. The minimum Gasteiger partial charge on any atom is -0.389 e. The van der Waals surface area contributed by atoms with Crippen LogP contribution in [0.2, 0.25) is 0 Å². The summed E-state index contributed by atoms with van der Waals surface area (Å²) in [6.07, 6.45) is 2.30. The van der Waals surface area contributed by atoms with E-state index in [1.165, 1.54) is 12.8 Å². The Kier molecular flexibility index (Phi) is 3.20. The first-order chi connectivity index (χ1) is 7.61. The van der Waals surface area contributed by atoms with Crippen LogP contribution in [0.15, 0.2) is 24.3 Å². The molecule has 0 heterocycles. The molecule has 1 aromatic carbocycles. The molecule has 2 heteroatoms. The number of rotatable bonds is 4. The van der Waals surface area contributed by atoms with Gasteiger partial charge in [-0.2, -0.15) is 0 Å². The van der Waals surface area contributed by atoms with Crippen molar-refractivity contribution >= 4 is 5.69 Å². The van der Waals surface area contributed by atoms with Crippen LogP contribution in [0.1, 0.15) is 38.4 Å². The molecule has 0 saturated heterocycles. The van der Waals surface area contributed by atoms with Gasteiger partial charge in [-0.3, -0.25) is 0 Å². The van der Waals surface area contributed by atoms with Gasteiger partial charge >= 0.3 is 0 Å². The molecule has 1 aliphatic rings. The maximum absolute atomic E-state index is 9.76. The van der Waals surface area contributed by atoms with Crippen LogP contribution in [0.4, 0.5) is 5.69 Å². The van der Waals surface area contributed by atoms with Gasteiger partial charge in [0, 0.05) is 24.3 Å². The maximum atomic E-state index is 9.76. The molecule has 2 atom stereocenters. The van der Waals surface area contributed by atoms with Gasteiger partial charge in [0.05, 0.1) is 6.10 Å². The highest BCUT2D eigenvalue weighted by molar-refractivity contribution is 5.54. The molecule has 1 N–H and O–H groups in total. The molecule has 2 rings (SSSR count). The zero-order valence-corrected chi connectivity index (χ0v) is 10.4. The second-order valence-electron chi connectivity index (χ2n) is 4.92. The Balaban J connectivity index is 2.24. The first-order valence-electron chi connectivity index (χ1n) is 6.11. The minimum absolute atomic E-state index is 0.398. The Morgan fingerprint density at radius 3 is 2.44 bits per heavy atom. The summed E-state index contributed by atoms with van der Waals surface area (Å²) in [5, 5.41) is 9.76. The fourth-order valence-electron chi connectivity index (χ4n) is 2.28. The molecule has 1 aromatic rings. The minimum atomic E-state index is -0.398. The normalized spacial score (nSPS) is 19.2. The lowest BCUT2D eigenvalue weighted by atomic mass is 10.1. The quantitative estimate of drug-likeness (QED) is 0.841. The molecule has 0 aromatic heterocycles. The largest absolute Gasteiger partial charge is 0.389 e. The highest BCUT2D eigenvalue weighted by Crippen LogP contribution is 2.37. The molecule has 1 aliphatic carbocycles. The van der Waals surface area contributed by atoms with Crippen molar-refractivity contribution in [1.29, 1.82) is 0 Å². The number of nitrogens with zero attached hydrogens (tertiary/aromatic N) is 1. The first kappa shape index (κ1) is 11.5. The van der Waals surface area contributed by atoms with E-state index in [4.69, 9.17) is 0 Å². The van der Waals surface area contributed by atoms with Crippen LogP contribution in [0.25, 0.3) is 0 Å². The third-order valence-electron chi connectivity index (χ3n) is 3.68. The Labute approximate surface area is 97.9 Å². The Morgan fingerprint density at radius 1 is 1.25 bits per heavy atom. The maximum Gasteiger partial charge on any atom is 0.0781 e. The molecule has 88 valence electrons. The highest BCUT2D eigenvalue weighted by atomic mass is 16.3. The van der Waals surface area contributed by atoms with Gasteiger partial charge in [-0.25, -0.2) is 0 Å². The highest BCUT2D eigenvalue weighted by Gasteiger charge is 2.31. The van der Waals surface area contributed by atoms with Crippen molar-refractivity contribution in [2.45, 2.75) is 38.8 Å². The molecule has 0 radical (unpaired) electrons. The molecule has 0 bridgehead atoms. The average molecular weight is 219 g/mol. The van der Waals surface area contributed by atoms with E-state index in [0.29, 0.717) is 6.04 Å². The van der Waals surface area contributed by atoms with Crippen LogP contribution in [-0.4, -0.2) is 18.2 Å². The predicted molar refractivity (Wildman–Crippen MR) is 67.7 cm³/mol. The van der Waals surface area contributed by atoms with Crippen molar-refractivity contribution in [3.05, 3.63) is 29.8 Å². The van der Waals surface area contributed by atoms with Crippen LogP contribution in [-0.2, 0) is 0 Å². The number of benzene rings is 1. The standard InChI is InChI=1S/C14H21NO/c1-10(12-8-9-12)15(3)14-7-5-4-6-13(14)11(2)16/h4-7,10-12,16H,8-9H2,1-3H3/t10?,11-/m0/s1. The van der Waals surface area contributed by atoms with Crippen molar-refractivity contribution in [2.24, 2.45) is 5.92 Å². The number of aliphatic hydroxyl groups excluding tert-OH is 1. The van der Waals surface area contributed by atoms with E-state index in [1.54, 1.807) is 0 Å². The molecular formula is C14H21NO. The van der Waals surface area contributed by atoms with Gasteiger partial charge in [0.2, 0.25) is 0 Å². The van der Waals surface area contributed by atoms with E-state index in [1.807, 2.05) is 25.1 Å². The summed E-state index contributed by atoms with van der Waals surface area (Å²) in [6, 6.07) is 8.70. The number of anilines is 1. The molecule has 16 heavy (non-hydrogen) atoms. The van der Waals surface area contributed by atoms with Gasteiger partial charge < -0.3 is 10.0 Å². The molecule has 1 saturated carbocycles. The Morgan fingerprint density at radius 2 is 1.88 bits per heavy atom. The summed E-state index contributed by atoms with van der Waals surface area (Å²) < 4.78 is 0. The predicted octanol–water partition coefficient (Wildman–Crippen LogP) is 2.97. The van der Waals surface area contributed by atoms with Crippen molar-refractivity contribution in [3.8, 4) is 0 Å². The van der Waals surface area contributed by atoms with Crippen LogP contribution in [0, 0.1) is 5.92 Å². The van der Waals surface area contributed by atoms with Crippen molar-refractivity contribution in [2.75, 3.05) is 11.9 Å². The van der Waals surface area contributed by atoms with Crippen molar-refractivity contribution in [1.82, 2.24) is 0 Å². The molecule has 0 spiro atoms. The van der Waals surface area contributed by atoms with Gasteiger partial charge in [0.1, 0.15) is 0 Å². The summed E-state index contributed by atoms with van der Waals surface area (Å²) >= 11 is 0. The third kappa shape index (κ3) is 2.22. The monoisotopic (exact) mass is 219 g/mol. The lowest BCUT2D eigenvalue weighted by Gasteiger charge is -2.29. The molecule has 0 amide bonds. The van der Waals surface area contributed by atoms with Crippen LogP contribution >= 0.6 is 0 Å².